The molecule has 2 aromatic carbocycles. The Hall–Kier alpha value is -3.08. The van der Waals surface area contributed by atoms with Gasteiger partial charge in [-0.15, -0.1) is 0 Å². The van der Waals surface area contributed by atoms with Crippen LogP contribution in [0.1, 0.15) is 22.3 Å². The van der Waals surface area contributed by atoms with Gasteiger partial charge in [-0.2, -0.15) is 0 Å². The first-order chi connectivity index (χ1) is 11.6. The molecule has 5 nitrogen and oxygen atoms in total. The maximum Gasteiger partial charge on any atom is 0.407 e. The van der Waals surface area contributed by atoms with Crippen LogP contribution in [-0.2, 0) is 0 Å². The molecule has 0 aliphatic carbocycles. The van der Waals surface area contributed by atoms with E-state index in [4.69, 9.17) is 5.11 Å². The van der Waals surface area contributed by atoms with Crippen molar-refractivity contribution in [2.24, 2.45) is 0 Å². The van der Waals surface area contributed by atoms with Crippen LogP contribution in [0.25, 0.3) is 5.57 Å². The number of carboxylic acid groups (broad SMARTS) is 1. The summed E-state index contributed by atoms with van der Waals surface area (Å²) < 4.78 is 0. The predicted molar refractivity (Wildman–Crippen MR) is 93.0 cm³/mol. The van der Waals surface area contributed by atoms with Crippen LogP contribution in [0.3, 0.4) is 0 Å². The first-order valence-corrected chi connectivity index (χ1v) is 7.77. The van der Waals surface area contributed by atoms with Crippen molar-refractivity contribution >= 4 is 23.3 Å². The van der Waals surface area contributed by atoms with E-state index in [0.29, 0.717) is 30.8 Å². The van der Waals surface area contributed by atoms with E-state index < -0.39 is 6.09 Å². The van der Waals surface area contributed by atoms with Crippen LogP contribution in [0.4, 0.5) is 10.5 Å². The van der Waals surface area contributed by atoms with Crippen LogP contribution >= 0.6 is 0 Å². The molecule has 0 aromatic heterocycles. The third-order valence-electron chi connectivity index (χ3n) is 3.97. The zero-order valence-corrected chi connectivity index (χ0v) is 13.1. The number of benzene rings is 2. The number of anilines is 1. The number of hydrogen-bond acceptors (Lipinski definition) is 2. The fourth-order valence-corrected chi connectivity index (χ4v) is 2.68. The molecule has 24 heavy (non-hydrogen) atoms. The molecule has 0 radical (unpaired) electrons. The molecule has 0 saturated heterocycles. The number of rotatable bonds is 3. The Bertz CT molecular complexity index is 767. The molecule has 0 unspecified atom stereocenters. The van der Waals surface area contributed by atoms with Gasteiger partial charge in [0.2, 0.25) is 0 Å². The predicted octanol–water partition coefficient (Wildman–Crippen LogP) is 3.71. The summed E-state index contributed by atoms with van der Waals surface area (Å²) in [6, 6.07) is 16.5. The summed E-state index contributed by atoms with van der Waals surface area (Å²) >= 11 is 0. The van der Waals surface area contributed by atoms with Crippen molar-refractivity contribution in [3.8, 4) is 0 Å². The van der Waals surface area contributed by atoms with Crippen LogP contribution in [0, 0.1) is 0 Å². The van der Waals surface area contributed by atoms with E-state index in [1.807, 2.05) is 42.5 Å². The maximum absolute atomic E-state index is 12.1. The van der Waals surface area contributed by atoms with Gasteiger partial charge in [0.15, 0.2) is 0 Å². The fraction of sp³-hybridized carbons (Fsp3) is 0.158. The van der Waals surface area contributed by atoms with Gasteiger partial charge in [0.1, 0.15) is 0 Å². The van der Waals surface area contributed by atoms with E-state index in [9.17, 15) is 9.59 Å². The average molecular weight is 322 g/mol. The van der Waals surface area contributed by atoms with Gasteiger partial charge in [0.05, 0.1) is 0 Å². The summed E-state index contributed by atoms with van der Waals surface area (Å²) in [7, 11) is 0. The molecule has 1 heterocycles. The second-order valence-electron chi connectivity index (χ2n) is 5.62. The Kier molecular flexibility index (Phi) is 4.61. The lowest BCUT2D eigenvalue weighted by atomic mass is 10.0. The molecule has 1 aliphatic heterocycles. The lowest BCUT2D eigenvalue weighted by molar-refractivity contribution is 0.102. The molecule has 0 atom stereocenters. The number of nitrogens with one attached hydrogen (secondary N) is 1. The zero-order valence-electron chi connectivity index (χ0n) is 13.1. The Morgan fingerprint density at radius 3 is 2.38 bits per heavy atom. The number of carbonyl (C=O) groups excluding carboxylic acids is 1. The summed E-state index contributed by atoms with van der Waals surface area (Å²) in [5.41, 5.74) is 3.27. The Morgan fingerprint density at radius 1 is 1.00 bits per heavy atom. The standard InChI is InChI=1S/C19H18N2O3/c22-18(15-5-2-1-3-6-15)20-17-10-8-14(9-11-17)16-7-4-12-21(13-16)19(23)24/h1-3,5-11H,4,12-13H2,(H,20,22)(H,23,24). The van der Waals surface area contributed by atoms with Crippen molar-refractivity contribution in [2.75, 3.05) is 18.4 Å². The Morgan fingerprint density at radius 2 is 1.71 bits per heavy atom. The monoisotopic (exact) mass is 322 g/mol. The quantitative estimate of drug-likeness (QED) is 0.905. The van der Waals surface area contributed by atoms with Gasteiger partial charge >= 0.3 is 6.09 Å². The van der Waals surface area contributed by atoms with Gasteiger partial charge in [-0.05, 0) is 41.8 Å². The number of amides is 2. The van der Waals surface area contributed by atoms with E-state index in [2.05, 4.69) is 11.4 Å². The second kappa shape index (κ2) is 7.00. The molecule has 0 fully saturated rings. The molecule has 0 saturated carbocycles. The normalized spacial score (nSPS) is 14.0. The molecule has 3 rings (SSSR count). The molecular weight excluding hydrogens is 304 g/mol. The smallest absolute Gasteiger partial charge is 0.407 e. The average Bonchev–Trinajstić information content (AvgIpc) is 2.63. The highest BCUT2D eigenvalue weighted by Gasteiger charge is 2.17. The topological polar surface area (TPSA) is 69.6 Å². The van der Waals surface area contributed by atoms with Gasteiger partial charge in [-0.1, -0.05) is 36.4 Å². The van der Waals surface area contributed by atoms with Crippen molar-refractivity contribution in [1.29, 1.82) is 0 Å². The van der Waals surface area contributed by atoms with Crippen LogP contribution in [0.2, 0.25) is 0 Å². The van der Waals surface area contributed by atoms with Crippen LogP contribution in [0.15, 0.2) is 60.7 Å². The first-order valence-electron chi connectivity index (χ1n) is 7.77. The first kappa shape index (κ1) is 15.8. The molecule has 1 aliphatic rings. The second-order valence-corrected chi connectivity index (χ2v) is 5.62. The van der Waals surface area contributed by atoms with E-state index in [-0.39, 0.29) is 5.91 Å². The number of nitrogens with zero attached hydrogens (tertiary/aromatic N) is 1. The molecule has 2 aromatic rings. The SMILES string of the molecule is O=C(Nc1ccc(C2=CCCN(C(=O)O)C2)cc1)c1ccccc1. The summed E-state index contributed by atoms with van der Waals surface area (Å²) in [4.78, 5) is 24.6. The zero-order chi connectivity index (χ0) is 16.9. The van der Waals surface area contributed by atoms with Crippen molar-refractivity contribution in [3.63, 3.8) is 0 Å². The summed E-state index contributed by atoms with van der Waals surface area (Å²) in [6.07, 6.45) is 1.89. The van der Waals surface area contributed by atoms with Gasteiger partial charge in [0.25, 0.3) is 5.91 Å². The molecule has 5 heteroatoms. The Labute approximate surface area is 140 Å². The van der Waals surface area contributed by atoms with Crippen molar-refractivity contribution in [1.82, 2.24) is 4.90 Å². The largest absolute Gasteiger partial charge is 0.465 e. The third kappa shape index (κ3) is 3.63. The lowest BCUT2D eigenvalue weighted by Gasteiger charge is -2.24. The molecule has 2 amide bonds. The van der Waals surface area contributed by atoms with Gasteiger partial charge in [-0.3, -0.25) is 4.79 Å². The molecule has 0 spiro atoms. The highest BCUT2D eigenvalue weighted by atomic mass is 16.4. The molecular formula is C19H18N2O3. The van der Waals surface area contributed by atoms with Crippen molar-refractivity contribution in [2.45, 2.75) is 6.42 Å². The lowest BCUT2D eigenvalue weighted by Crippen LogP contribution is -2.34. The van der Waals surface area contributed by atoms with Crippen LogP contribution in [0.5, 0.6) is 0 Å². The summed E-state index contributed by atoms with van der Waals surface area (Å²) in [5.74, 6) is -0.155. The highest BCUT2D eigenvalue weighted by molar-refractivity contribution is 6.04. The maximum atomic E-state index is 12.1. The number of hydrogen-bond donors (Lipinski definition) is 2. The summed E-state index contributed by atoms with van der Waals surface area (Å²) in [5, 5.41) is 12.0. The van der Waals surface area contributed by atoms with Gasteiger partial charge in [-0.25, -0.2) is 4.79 Å². The van der Waals surface area contributed by atoms with Crippen LogP contribution in [-0.4, -0.2) is 35.1 Å². The minimum Gasteiger partial charge on any atom is -0.465 e. The molecule has 0 bridgehead atoms. The van der Waals surface area contributed by atoms with E-state index in [1.165, 1.54) is 4.90 Å². The highest BCUT2D eigenvalue weighted by Crippen LogP contribution is 2.22. The summed E-state index contributed by atoms with van der Waals surface area (Å²) in [6.45, 7) is 0.926. The third-order valence-corrected chi connectivity index (χ3v) is 3.97. The number of carbonyl (C=O) groups is 2. The van der Waals surface area contributed by atoms with Gasteiger partial charge < -0.3 is 15.3 Å². The van der Waals surface area contributed by atoms with Gasteiger partial charge in [0, 0.05) is 24.3 Å². The van der Waals surface area contributed by atoms with Crippen molar-refractivity contribution < 1.29 is 14.7 Å². The van der Waals surface area contributed by atoms with E-state index in [1.54, 1.807) is 12.1 Å². The van der Waals surface area contributed by atoms with E-state index in [0.717, 1.165) is 11.1 Å². The van der Waals surface area contributed by atoms with Crippen molar-refractivity contribution in [3.05, 3.63) is 71.8 Å². The van der Waals surface area contributed by atoms with E-state index >= 15 is 0 Å². The fourth-order valence-electron chi connectivity index (χ4n) is 2.68. The minimum absolute atomic E-state index is 0.155. The minimum atomic E-state index is -0.896. The van der Waals surface area contributed by atoms with Crippen LogP contribution < -0.4 is 5.32 Å². The molecule has 122 valence electrons. The Balaban J connectivity index is 1.69. The molecule has 2 N–H and O–H groups in total.